The first kappa shape index (κ1) is 24.6. The maximum Gasteiger partial charge on any atom is 0.302 e. The number of carbonyl (C=O) groups excluding carboxylic acids is 3. The summed E-state index contributed by atoms with van der Waals surface area (Å²) in [7, 11) is 0. The van der Waals surface area contributed by atoms with E-state index in [4.69, 9.17) is 16.3 Å². The summed E-state index contributed by atoms with van der Waals surface area (Å²) in [4.78, 5) is 40.8. The summed E-state index contributed by atoms with van der Waals surface area (Å²) in [6, 6.07) is 3.95. The van der Waals surface area contributed by atoms with Crippen LogP contribution in [0, 0.1) is 12.7 Å². The van der Waals surface area contributed by atoms with E-state index >= 15 is 0 Å². The van der Waals surface area contributed by atoms with Gasteiger partial charge in [-0.3, -0.25) is 14.4 Å². The second kappa shape index (κ2) is 10.7. The molecule has 1 heterocycles. The Bertz CT molecular complexity index is 1160. The summed E-state index contributed by atoms with van der Waals surface area (Å²) in [5.74, 6) is -1.48. The number of allylic oxidation sites excluding steroid dienone is 3. The van der Waals surface area contributed by atoms with Crippen molar-refractivity contribution in [1.82, 2.24) is 15.6 Å². The Hall–Kier alpha value is -3.04. The molecule has 0 radical (unpaired) electrons. The molecule has 1 atom stereocenters. The number of esters is 1. The molecule has 0 aliphatic heterocycles. The van der Waals surface area contributed by atoms with Gasteiger partial charge in [-0.15, -0.1) is 11.3 Å². The number of hydrogen-bond donors (Lipinski definition) is 2. The van der Waals surface area contributed by atoms with Crippen LogP contribution in [-0.2, 0) is 25.7 Å². The number of halogens is 2. The highest BCUT2D eigenvalue weighted by Gasteiger charge is 2.24. The fraction of sp³-hybridized carbons (Fsp3) is 0.304. The molecule has 0 bridgehead atoms. The Labute approximate surface area is 199 Å². The zero-order valence-corrected chi connectivity index (χ0v) is 19.9. The van der Waals surface area contributed by atoms with Crippen LogP contribution in [0.5, 0.6) is 0 Å². The van der Waals surface area contributed by atoms with Gasteiger partial charge in [-0.25, -0.2) is 9.37 Å². The molecule has 2 N–H and O–H groups in total. The molecule has 174 valence electrons. The lowest BCUT2D eigenvalue weighted by molar-refractivity contribution is -0.142. The van der Waals surface area contributed by atoms with Gasteiger partial charge in [0.1, 0.15) is 17.4 Å². The van der Waals surface area contributed by atoms with E-state index in [1.165, 1.54) is 37.3 Å². The molecular weight excluding hydrogens is 469 g/mol. The van der Waals surface area contributed by atoms with Gasteiger partial charge in [-0.1, -0.05) is 29.8 Å². The van der Waals surface area contributed by atoms with Crippen LogP contribution in [0.25, 0.3) is 5.57 Å². The Morgan fingerprint density at radius 2 is 2.03 bits per heavy atom. The lowest BCUT2D eigenvalue weighted by atomic mass is 10.0. The highest BCUT2D eigenvalue weighted by atomic mass is 35.5. The molecular formula is C23H23ClFN3O4S. The summed E-state index contributed by atoms with van der Waals surface area (Å²) >= 11 is 7.06. The molecule has 1 aliphatic rings. The molecule has 3 rings (SSSR count). The average Bonchev–Trinajstić information content (AvgIpc) is 3.38. The van der Waals surface area contributed by atoms with Gasteiger partial charge in [-0.05, 0) is 30.2 Å². The van der Waals surface area contributed by atoms with Crippen LogP contribution in [0.4, 0.5) is 4.39 Å². The third-order valence-electron chi connectivity index (χ3n) is 4.92. The fourth-order valence-electron chi connectivity index (χ4n) is 3.17. The topological polar surface area (TPSA) is 97.4 Å². The van der Waals surface area contributed by atoms with E-state index in [0.29, 0.717) is 28.3 Å². The average molecular weight is 492 g/mol. The van der Waals surface area contributed by atoms with Crippen LogP contribution in [0.2, 0.25) is 5.02 Å². The summed E-state index contributed by atoms with van der Waals surface area (Å²) in [6.07, 6.45) is 3.78. The number of carbonyl (C=O) groups is 3. The largest absolute Gasteiger partial charge is 0.460 e. The number of aryl methyl sites for hydroxylation is 1. The van der Waals surface area contributed by atoms with Crippen LogP contribution in [-0.4, -0.2) is 29.3 Å². The first-order valence-electron chi connectivity index (χ1n) is 10.1. The summed E-state index contributed by atoms with van der Waals surface area (Å²) in [5, 5.41) is 6.25. The minimum absolute atomic E-state index is 0.0379. The van der Waals surface area contributed by atoms with Crippen LogP contribution in [0.15, 0.2) is 35.9 Å². The van der Waals surface area contributed by atoms with Gasteiger partial charge >= 0.3 is 5.97 Å². The van der Waals surface area contributed by atoms with Crippen molar-refractivity contribution < 1.29 is 23.5 Å². The standard InChI is InChI=1S/C23H23ClFN3O4S/c1-12-21(11-32-14(3)30)33-23(27-12)20(10-26-13(2)29)28-22(31)17-5-4-15(8-17)16-6-7-18(24)19(25)9-16/h4-7,9,20H,8,10-11H2,1-3H3,(H,26,29)(H,28,31). The lowest BCUT2D eigenvalue weighted by Gasteiger charge is -2.17. The van der Waals surface area contributed by atoms with Crippen LogP contribution in [0.3, 0.4) is 0 Å². The van der Waals surface area contributed by atoms with Crippen molar-refractivity contribution in [3.05, 3.63) is 67.9 Å². The van der Waals surface area contributed by atoms with Gasteiger partial charge in [0, 0.05) is 32.4 Å². The molecule has 0 saturated carbocycles. The molecule has 2 amide bonds. The summed E-state index contributed by atoms with van der Waals surface area (Å²) in [5.41, 5.74) is 2.63. The van der Waals surface area contributed by atoms with Gasteiger partial charge in [0.25, 0.3) is 0 Å². The molecule has 7 nitrogen and oxygen atoms in total. The van der Waals surface area contributed by atoms with Crippen molar-refractivity contribution in [3.63, 3.8) is 0 Å². The van der Waals surface area contributed by atoms with Gasteiger partial charge in [0.2, 0.25) is 11.8 Å². The molecule has 1 aromatic heterocycles. The maximum atomic E-state index is 13.8. The third kappa shape index (κ3) is 6.49. The second-order valence-corrected chi connectivity index (χ2v) is 9.02. The number of rotatable bonds is 8. The van der Waals surface area contributed by atoms with Gasteiger partial charge in [0.05, 0.1) is 21.6 Å². The molecule has 1 aromatic carbocycles. The molecule has 0 spiro atoms. The first-order chi connectivity index (χ1) is 15.6. The number of thiazole rings is 1. The van der Waals surface area contributed by atoms with Crippen LogP contribution < -0.4 is 10.6 Å². The van der Waals surface area contributed by atoms with E-state index in [2.05, 4.69) is 15.6 Å². The zero-order valence-electron chi connectivity index (χ0n) is 18.3. The molecule has 2 aromatic rings. The highest BCUT2D eigenvalue weighted by Crippen LogP contribution is 2.31. The van der Waals surface area contributed by atoms with Crippen molar-refractivity contribution in [1.29, 1.82) is 0 Å². The monoisotopic (exact) mass is 491 g/mol. The van der Waals surface area contributed by atoms with Crippen molar-refractivity contribution in [3.8, 4) is 0 Å². The quantitative estimate of drug-likeness (QED) is 0.544. The second-order valence-electron chi connectivity index (χ2n) is 7.49. The van der Waals surface area contributed by atoms with Crippen molar-refractivity contribution in [2.45, 2.75) is 39.8 Å². The van der Waals surface area contributed by atoms with Crippen molar-refractivity contribution in [2.75, 3.05) is 6.54 Å². The van der Waals surface area contributed by atoms with E-state index in [1.54, 1.807) is 25.1 Å². The number of aromatic nitrogens is 1. The van der Waals surface area contributed by atoms with E-state index in [9.17, 15) is 18.8 Å². The fourth-order valence-corrected chi connectivity index (χ4v) is 4.32. The zero-order chi connectivity index (χ0) is 24.1. The number of nitrogens with one attached hydrogen (secondary N) is 2. The molecule has 0 fully saturated rings. The number of amides is 2. The molecule has 33 heavy (non-hydrogen) atoms. The minimum Gasteiger partial charge on any atom is -0.460 e. The Morgan fingerprint density at radius 3 is 2.70 bits per heavy atom. The third-order valence-corrected chi connectivity index (χ3v) is 6.47. The Balaban J connectivity index is 1.71. The van der Waals surface area contributed by atoms with Crippen molar-refractivity contribution >= 4 is 46.3 Å². The number of benzene rings is 1. The number of hydrogen-bond acceptors (Lipinski definition) is 6. The lowest BCUT2D eigenvalue weighted by Crippen LogP contribution is -2.37. The smallest absolute Gasteiger partial charge is 0.302 e. The molecule has 1 aliphatic carbocycles. The highest BCUT2D eigenvalue weighted by molar-refractivity contribution is 7.11. The summed E-state index contributed by atoms with van der Waals surface area (Å²) < 4.78 is 18.9. The number of ether oxygens (including phenoxy) is 1. The first-order valence-corrected chi connectivity index (χ1v) is 11.3. The predicted octanol–water partition coefficient (Wildman–Crippen LogP) is 4.01. The Morgan fingerprint density at radius 1 is 1.27 bits per heavy atom. The molecule has 10 heteroatoms. The van der Waals surface area contributed by atoms with Gasteiger partial charge < -0.3 is 15.4 Å². The number of nitrogens with zero attached hydrogens (tertiary/aromatic N) is 1. The van der Waals surface area contributed by atoms with Crippen LogP contribution in [0.1, 0.15) is 47.5 Å². The van der Waals surface area contributed by atoms with E-state index in [-0.39, 0.29) is 30.0 Å². The SMILES string of the molecule is CC(=O)NCC(NC(=O)C1=CC=C(c2ccc(Cl)c(F)c2)C1)c1nc(C)c(COC(C)=O)s1. The molecule has 0 saturated heterocycles. The van der Waals surface area contributed by atoms with Gasteiger partial charge in [-0.2, -0.15) is 0 Å². The van der Waals surface area contributed by atoms with Crippen molar-refractivity contribution in [2.24, 2.45) is 0 Å². The Kier molecular flexibility index (Phi) is 7.99. The normalized spacial score (nSPS) is 13.7. The molecule has 1 unspecified atom stereocenters. The van der Waals surface area contributed by atoms with Gasteiger partial charge in [0.15, 0.2) is 0 Å². The summed E-state index contributed by atoms with van der Waals surface area (Å²) in [6.45, 7) is 4.75. The van der Waals surface area contributed by atoms with E-state index in [0.717, 1.165) is 10.5 Å². The predicted molar refractivity (Wildman–Crippen MR) is 124 cm³/mol. The minimum atomic E-state index is -0.575. The van der Waals surface area contributed by atoms with Crippen LogP contribution >= 0.6 is 22.9 Å². The van der Waals surface area contributed by atoms with E-state index < -0.39 is 17.8 Å². The maximum absolute atomic E-state index is 13.8. The van der Waals surface area contributed by atoms with E-state index in [1.807, 2.05) is 0 Å².